The molecule has 4 rings (SSSR count). The van der Waals surface area contributed by atoms with Crippen LogP contribution >= 0.6 is 11.6 Å². The number of carbonyl (C=O) groups excluding carboxylic acids is 1. The molecule has 0 saturated heterocycles. The Morgan fingerprint density at radius 3 is 2.51 bits per heavy atom. The van der Waals surface area contributed by atoms with Crippen molar-refractivity contribution in [2.24, 2.45) is 5.92 Å². The topological polar surface area (TPSA) is 84.1 Å². The number of rotatable bonds is 8. The standard InChI is InChI=1S/C26H22ClF6N3O3/c1-2-19-22(30)25(38)36-23(35-19)20-16(26(31,32)33)5-4-13(21(20)29)10-34-24(37)14-8-15(9-14)39-11-12-3-6-18(28)17(27)7-12/h3-7,14-15H,2,8-11H2,1H3,(H,34,37)(H,35,36,38)/t14-,15-. The second-order valence-corrected chi connectivity index (χ2v) is 9.46. The minimum Gasteiger partial charge on any atom is -0.373 e. The van der Waals surface area contributed by atoms with Crippen molar-refractivity contribution in [3.63, 3.8) is 0 Å². The highest BCUT2D eigenvalue weighted by Crippen LogP contribution is 2.38. The Balaban J connectivity index is 1.43. The summed E-state index contributed by atoms with van der Waals surface area (Å²) >= 11 is 5.74. The van der Waals surface area contributed by atoms with Crippen molar-refractivity contribution >= 4 is 17.5 Å². The van der Waals surface area contributed by atoms with Crippen LogP contribution in [-0.2, 0) is 35.3 Å². The molecule has 13 heteroatoms. The highest BCUT2D eigenvalue weighted by Gasteiger charge is 2.38. The lowest BCUT2D eigenvalue weighted by Crippen LogP contribution is -2.42. The summed E-state index contributed by atoms with van der Waals surface area (Å²) in [6.45, 7) is 1.17. The number of halogens is 7. The van der Waals surface area contributed by atoms with Crippen LogP contribution in [0.5, 0.6) is 0 Å². The van der Waals surface area contributed by atoms with Gasteiger partial charge in [0, 0.05) is 18.0 Å². The first-order valence-corrected chi connectivity index (χ1v) is 12.3. The van der Waals surface area contributed by atoms with Crippen molar-refractivity contribution in [1.82, 2.24) is 15.3 Å². The monoisotopic (exact) mass is 573 g/mol. The van der Waals surface area contributed by atoms with Gasteiger partial charge in [0.2, 0.25) is 11.7 Å². The van der Waals surface area contributed by atoms with Gasteiger partial charge in [-0.2, -0.15) is 17.6 Å². The zero-order valence-electron chi connectivity index (χ0n) is 20.4. The van der Waals surface area contributed by atoms with Crippen molar-refractivity contribution in [3.8, 4) is 11.4 Å². The Morgan fingerprint density at radius 1 is 1.15 bits per heavy atom. The van der Waals surface area contributed by atoms with Gasteiger partial charge in [-0.1, -0.05) is 30.7 Å². The van der Waals surface area contributed by atoms with E-state index in [9.17, 15) is 31.5 Å². The Hall–Kier alpha value is -3.38. The number of hydrogen-bond acceptors (Lipinski definition) is 4. The summed E-state index contributed by atoms with van der Waals surface area (Å²) in [7, 11) is 0. The van der Waals surface area contributed by atoms with E-state index in [1.54, 1.807) is 0 Å². The molecule has 1 aliphatic rings. The molecular weight excluding hydrogens is 552 g/mol. The fourth-order valence-electron chi connectivity index (χ4n) is 4.17. The summed E-state index contributed by atoms with van der Waals surface area (Å²) in [5.74, 6) is -4.83. The van der Waals surface area contributed by atoms with Crippen molar-refractivity contribution < 1.29 is 35.9 Å². The molecule has 0 bridgehead atoms. The van der Waals surface area contributed by atoms with Gasteiger partial charge < -0.3 is 15.0 Å². The fourth-order valence-corrected chi connectivity index (χ4v) is 4.37. The molecule has 6 nitrogen and oxygen atoms in total. The lowest BCUT2D eigenvalue weighted by Gasteiger charge is -2.34. The number of carbonyl (C=O) groups is 1. The third kappa shape index (κ3) is 6.27. The maximum Gasteiger partial charge on any atom is 0.417 e. The lowest BCUT2D eigenvalue weighted by molar-refractivity contribution is -0.137. The van der Waals surface area contributed by atoms with Gasteiger partial charge >= 0.3 is 6.18 Å². The number of hydrogen-bond donors (Lipinski definition) is 2. The third-order valence-corrected chi connectivity index (χ3v) is 6.71. The quantitative estimate of drug-likeness (QED) is 0.339. The molecule has 1 amide bonds. The van der Waals surface area contributed by atoms with Gasteiger partial charge in [-0.15, -0.1) is 0 Å². The Labute approximate surface area is 223 Å². The van der Waals surface area contributed by atoms with Crippen molar-refractivity contribution in [3.05, 3.63) is 85.5 Å². The Kier molecular flexibility index (Phi) is 8.36. The molecule has 1 heterocycles. The molecule has 0 spiro atoms. The number of benzene rings is 2. The van der Waals surface area contributed by atoms with E-state index in [0.29, 0.717) is 24.5 Å². The Bertz CT molecular complexity index is 1450. The minimum atomic E-state index is -5.00. The van der Waals surface area contributed by atoms with Gasteiger partial charge in [0.25, 0.3) is 5.56 Å². The maximum absolute atomic E-state index is 15.4. The number of ether oxygens (including phenoxy) is 1. The van der Waals surface area contributed by atoms with E-state index >= 15 is 4.39 Å². The van der Waals surface area contributed by atoms with Crippen LogP contribution in [0.25, 0.3) is 11.4 Å². The van der Waals surface area contributed by atoms with Crippen LogP contribution in [0, 0.1) is 23.4 Å². The maximum atomic E-state index is 15.4. The second kappa shape index (κ2) is 11.4. The van der Waals surface area contributed by atoms with E-state index in [1.807, 2.05) is 4.98 Å². The van der Waals surface area contributed by atoms with Crippen LogP contribution in [0.2, 0.25) is 5.02 Å². The van der Waals surface area contributed by atoms with Gasteiger partial charge in [0.05, 0.1) is 34.6 Å². The number of alkyl halides is 3. The molecular formula is C26H22ClF6N3O3. The van der Waals surface area contributed by atoms with Crippen LogP contribution in [0.4, 0.5) is 26.3 Å². The first-order valence-electron chi connectivity index (χ1n) is 11.9. The summed E-state index contributed by atoms with van der Waals surface area (Å²) in [5.41, 5.74) is -3.81. The summed E-state index contributed by atoms with van der Waals surface area (Å²) in [5, 5.41) is 2.47. The third-order valence-electron chi connectivity index (χ3n) is 6.42. The van der Waals surface area contributed by atoms with E-state index in [1.165, 1.54) is 25.1 Å². The predicted octanol–water partition coefficient (Wildman–Crippen LogP) is 5.70. The van der Waals surface area contributed by atoms with Crippen LogP contribution < -0.4 is 10.9 Å². The number of aryl methyl sites for hydroxylation is 1. The lowest BCUT2D eigenvalue weighted by atomic mass is 9.81. The largest absolute Gasteiger partial charge is 0.417 e. The molecule has 1 saturated carbocycles. The molecule has 0 atom stereocenters. The number of nitrogens with one attached hydrogen (secondary N) is 2. The molecule has 1 fully saturated rings. The molecule has 2 aromatic carbocycles. The van der Waals surface area contributed by atoms with Gasteiger partial charge in [-0.3, -0.25) is 9.59 Å². The van der Waals surface area contributed by atoms with E-state index < -0.39 is 70.2 Å². The van der Waals surface area contributed by atoms with Gasteiger partial charge in [-0.05, 0) is 43.0 Å². The van der Waals surface area contributed by atoms with E-state index in [4.69, 9.17) is 16.3 Å². The predicted molar refractivity (Wildman–Crippen MR) is 129 cm³/mol. The molecule has 3 aromatic rings. The van der Waals surface area contributed by atoms with Crippen LogP contribution in [0.1, 0.15) is 42.1 Å². The molecule has 2 N–H and O–H groups in total. The Morgan fingerprint density at radius 2 is 1.87 bits per heavy atom. The highest BCUT2D eigenvalue weighted by atomic mass is 35.5. The van der Waals surface area contributed by atoms with Crippen molar-refractivity contribution in [2.75, 3.05) is 0 Å². The second-order valence-electron chi connectivity index (χ2n) is 9.06. The SMILES string of the molecule is CCc1nc(-c2c(C(F)(F)F)ccc(CNC(=O)[C@H]3C[C@H](OCc4ccc(F)c(Cl)c4)C3)c2F)[nH]c(=O)c1F. The molecule has 1 aromatic heterocycles. The molecule has 0 aliphatic heterocycles. The zero-order valence-corrected chi connectivity index (χ0v) is 21.2. The van der Waals surface area contributed by atoms with Crippen LogP contribution in [0.15, 0.2) is 35.1 Å². The summed E-state index contributed by atoms with van der Waals surface area (Å²) in [6.07, 6.45) is -4.62. The smallest absolute Gasteiger partial charge is 0.373 e. The highest BCUT2D eigenvalue weighted by molar-refractivity contribution is 6.30. The molecule has 0 radical (unpaired) electrons. The minimum absolute atomic E-state index is 0.0343. The normalized spacial score (nSPS) is 17.1. The molecule has 208 valence electrons. The first-order chi connectivity index (χ1) is 18.4. The van der Waals surface area contributed by atoms with Crippen LogP contribution in [0.3, 0.4) is 0 Å². The zero-order chi connectivity index (χ0) is 28.5. The first kappa shape index (κ1) is 28.6. The average molecular weight is 574 g/mol. The number of aromatic nitrogens is 2. The van der Waals surface area contributed by atoms with E-state index in [-0.39, 0.29) is 29.7 Å². The number of aromatic amines is 1. The molecule has 39 heavy (non-hydrogen) atoms. The number of H-pyrrole nitrogens is 1. The van der Waals surface area contributed by atoms with Gasteiger partial charge in [0.15, 0.2) is 0 Å². The van der Waals surface area contributed by atoms with Crippen LogP contribution in [-0.4, -0.2) is 22.0 Å². The average Bonchev–Trinajstić information content (AvgIpc) is 2.85. The summed E-state index contributed by atoms with van der Waals surface area (Å²) in [6, 6.07) is 5.68. The summed E-state index contributed by atoms with van der Waals surface area (Å²) < 4.78 is 89.2. The van der Waals surface area contributed by atoms with E-state index in [2.05, 4.69) is 10.3 Å². The van der Waals surface area contributed by atoms with Gasteiger partial charge in [-0.25, -0.2) is 13.8 Å². The van der Waals surface area contributed by atoms with Gasteiger partial charge in [0.1, 0.15) is 17.5 Å². The van der Waals surface area contributed by atoms with Crippen molar-refractivity contribution in [1.29, 1.82) is 0 Å². The molecule has 0 unspecified atom stereocenters. The molecule has 1 aliphatic carbocycles. The number of amides is 1. The van der Waals surface area contributed by atoms with Crippen molar-refractivity contribution in [2.45, 2.75) is 51.6 Å². The fraction of sp³-hybridized carbons (Fsp3) is 0.346. The van der Waals surface area contributed by atoms with E-state index in [0.717, 1.165) is 6.07 Å². The number of nitrogens with zero attached hydrogens (tertiary/aromatic N) is 1. The summed E-state index contributed by atoms with van der Waals surface area (Å²) in [4.78, 5) is 30.0.